The quantitative estimate of drug-likeness (QED) is 0.859. The molecule has 3 N–H and O–H groups in total. The Hall–Kier alpha value is -2.96. The number of aryl methyl sites for hydroxylation is 1. The van der Waals surface area contributed by atoms with E-state index in [1.54, 1.807) is 24.1 Å². The summed E-state index contributed by atoms with van der Waals surface area (Å²) in [7, 11) is 1.80. The van der Waals surface area contributed by atoms with E-state index in [4.69, 9.17) is 5.73 Å². The minimum absolute atomic E-state index is 0.123. The van der Waals surface area contributed by atoms with Crippen molar-refractivity contribution in [2.24, 2.45) is 5.73 Å². The van der Waals surface area contributed by atoms with Gasteiger partial charge in [-0.05, 0) is 30.7 Å². The maximum atomic E-state index is 11.6. The molecule has 0 aliphatic carbocycles. The fraction of sp³-hybridized carbons (Fsp3) is 0.200. The highest BCUT2D eigenvalue weighted by Gasteiger charge is 2.25. The highest BCUT2D eigenvalue weighted by Crippen LogP contribution is 2.35. The summed E-state index contributed by atoms with van der Waals surface area (Å²) >= 11 is 0. The summed E-state index contributed by atoms with van der Waals surface area (Å²) in [6.07, 6.45) is 1.39. The van der Waals surface area contributed by atoms with E-state index in [0.717, 1.165) is 16.8 Å². The minimum Gasteiger partial charge on any atom is -0.366 e. The van der Waals surface area contributed by atoms with E-state index in [2.05, 4.69) is 15.3 Å². The molecule has 0 unspecified atom stereocenters. The molecule has 1 aliphatic heterocycles. The molecule has 0 fully saturated rings. The number of amides is 2. The number of nitrogens with two attached hydrogens (primary N) is 1. The Morgan fingerprint density at radius 1 is 1.32 bits per heavy atom. The van der Waals surface area contributed by atoms with Crippen molar-refractivity contribution in [1.82, 2.24) is 9.97 Å². The van der Waals surface area contributed by atoms with Crippen molar-refractivity contribution < 1.29 is 9.59 Å². The van der Waals surface area contributed by atoms with E-state index < -0.39 is 5.91 Å². The Morgan fingerprint density at radius 3 is 2.82 bits per heavy atom. The summed E-state index contributed by atoms with van der Waals surface area (Å²) in [5, 5.41) is 2.73. The van der Waals surface area contributed by atoms with Crippen LogP contribution in [0.4, 0.5) is 11.5 Å². The standard InChI is InChI=1S/C15H15N5O2/c1-8-3-9(5-10(4-8)14(16)22)12-13-15(18-7-17-12)19-11(21)6-20(13)2/h3-5,7H,6H2,1-2H3,(H2,16,22)(H,17,18,19,21). The van der Waals surface area contributed by atoms with Gasteiger partial charge in [0.05, 0.1) is 12.2 Å². The van der Waals surface area contributed by atoms with Crippen LogP contribution >= 0.6 is 0 Å². The van der Waals surface area contributed by atoms with Gasteiger partial charge in [0.2, 0.25) is 11.8 Å². The fourth-order valence-electron chi connectivity index (χ4n) is 2.57. The molecule has 7 nitrogen and oxygen atoms in total. The summed E-state index contributed by atoms with van der Waals surface area (Å²) in [6.45, 7) is 2.11. The normalized spacial score (nSPS) is 13.5. The summed E-state index contributed by atoms with van der Waals surface area (Å²) < 4.78 is 0. The van der Waals surface area contributed by atoms with Crippen LogP contribution in [0.3, 0.4) is 0 Å². The van der Waals surface area contributed by atoms with Crippen molar-refractivity contribution >= 4 is 23.3 Å². The maximum Gasteiger partial charge on any atom is 0.248 e. The zero-order valence-corrected chi connectivity index (χ0v) is 12.3. The van der Waals surface area contributed by atoms with Crippen LogP contribution in [0.1, 0.15) is 15.9 Å². The largest absolute Gasteiger partial charge is 0.366 e. The third kappa shape index (κ3) is 2.37. The number of anilines is 2. The zero-order valence-electron chi connectivity index (χ0n) is 12.3. The average Bonchev–Trinajstić information content (AvgIpc) is 2.45. The lowest BCUT2D eigenvalue weighted by Crippen LogP contribution is -2.36. The van der Waals surface area contributed by atoms with E-state index in [1.165, 1.54) is 6.33 Å². The Balaban J connectivity index is 2.20. The van der Waals surface area contributed by atoms with Crippen LogP contribution in [-0.4, -0.2) is 35.4 Å². The minimum atomic E-state index is -0.491. The van der Waals surface area contributed by atoms with Gasteiger partial charge in [-0.1, -0.05) is 0 Å². The molecule has 0 bridgehead atoms. The average molecular weight is 297 g/mol. The van der Waals surface area contributed by atoms with Gasteiger partial charge >= 0.3 is 0 Å². The first-order chi connectivity index (χ1) is 10.5. The highest BCUT2D eigenvalue weighted by atomic mass is 16.2. The number of carbonyl (C=O) groups excluding carboxylic acids is 2. The molecule has 1 aromatic heterocycles. The number of aromatic nitrogens is 2. The van der Waals surface area contributed by atoms with E-state index >= 15 is 0 Å². The van der Waals surface area contributed by atoms with Crippen LogP contribution in [-0.2, 0) is 4.79 Å². The topological polar surface area (TPSA) is 101 Å². The number of primary amides is 1. The van der Waals surface area contributed by atoms with Crippen molar-refractivity contribution in [2.45, 2.75) is 6.92 Å². The van der Waals surface area contributed by atoms with Gasteiger partial charge in [-0.25, -0.2) is 9.97 Å². The lowest BCUT2D eigenvalue weighted by Gasteiger charge is -2.28. The monoisotopic (exact) mass is 297 g/mol. The summed E-state index contributed by atoms with van der Waals surface area (Å²) in [6, 6.07) is 5.34. The summed E-state index contributed by atoms with van der Waals surface area (Å²) in [5.41, 5.74) is 8.84. The molecular weight excluding hydrogens is 282 g/mol. The molecule has 0 spiro atoms. The Morgan fingerprint density at radius 2 is 2.09 bits per heavy atom. The summed E-state index contributed by atoms with van der Waals surface area (Å²) in [4.78, 5) is 33.3. The van der Waals surface area contributed by atoms with E-state index in [1.807, 2.05) is 13.0 Å². The van der Waals surface area contributed by atoms with Gasteiger partial charge in [0.25, 0.3) is 0 Å². The van der Waals surface area contributed by atoms with E-state index in [0.29, 0.717) is 17.1 Å². The van der Waals surface area contributed by atoms with Crippen LogP contribution in [0.2, 0.25) is 0 Å². The van der Waals surface area contributed by atoms with Gasteiger partial charge in [-0.15, -0.1) is 0 Å². The molecule has 0 saturated heterocycles. The Labute approximate surface area is 127 Å². The second-order valence-corrected chi connectivity index (χ2v) is 5.28. The number of likely N-dealkylation sites (N-methyl/N-ethyl adjacent to an activating group) is 1. The molecule has 0 saturated carbocycles. The second-order valence-electron chi connectivity index (χ2n) is 5.28. The summed E-state index contributed by atoms with van der Waals surface area (Å²) in [5.74, 6) is -0.151. The molecule has 0 radical (unpaired) electrons. The number of hydrogen-bond donors (Lipinski definition) is 2. The molecular formula is C15H15N5O2. The van der Waals surface area contributed by atoms with Gasteiger partial charge in [0.1, 0.15) is 12.0 Å². The Kier molecular flexibility index (Phi) is 3.25. The number of nitrogens with zero attached hydrogens (tertiary/aromatic N) is 3. The number of carbonyl (C=O) groups is 2. The SMILES string of the molecule is Cc1cc(C(N)=O)cc(-c2ncnc3c2N(C)CC(=O)N3)c1. The first kappa shape index (κ1) is 14.0. The lowest BCUT2D eigenvalue weighted by molar-refractivity contribution is -0.115. The van der Waals surface area contributed by atoms with Gasteiger partial charge in [0.15, 0.2) is 5.82 Å². The number of benzene rings is 1. The lowest BCUT2D eigenvalue weighted by atomic mass is 10.0. The molecule has 2 heterocycles. The molecule has 112 valence electrons. The van der Waals surface area contributed by atoms with E-state index in [-0.39, 0.29) is 12.5 Å². The van der Waals surface area contributed by atoms with Crippen molar-refractivity contribution in [3.63, 3.8) is 0 Å². The first-order valence-electron chi connectivity index (χ1n) is 6.73. The number of rotatable bonds is 2. The number of fused-ring (bicyclic) bond motifs is 1. The number of hydrogen-bond acceptors (Lipinski definition) is 5. The van der Waals surface area contributed by atoms with Gasteiger partial charge < -0.3 is 16.0 Å². The number of nitrogens with one attached hydrogen (secondary N) is 1. The maximum absolute atomic E-state index is 11.6. The highest BCUT2D eigenvalue weighted by molar-refractivity contribution is 6.03. The van der Waals surface area contributed by atoms with E-state index in [9.17, 15) is 9.59 Å². The van der Waals surface area contributed by atoms with Crippen molar-refractivity contribution in [2.75, 3.05) is 23.8 Å². The van der Waals surface area contributed by atoms with Crippen molar-refractivity contribution in [3.8, 4) is 11.3 Å². The Bertz CT molecular complexity index is 787. The molecule has 7 heteroatoms. The molecule has 3 rings (SSSR count). The predicted octanol–water partition coefficient (Wildman–Crippen LogP) is 0.939. The van der Waals surface area contributed by atoms with Crippen LogP contribution in [0.5, 0.6) is 0 Å². The van der Waals surface area contributed by atoms with Crippen LogP contribution in [0.15, 0.2) is 24.5 Å². The molecule has 1 aliphatic rings. The smallest absolute Gasteiger partial charge is 0.248 e. The first-order valence-corrected chi connectivity index (χ1v) is 6.73. The van der Waals surface area contributed by atoms with Crippen LogP contribution in [0, 0.1) is 6.92 Å². The van der Waals surface area contributed by atoms with Crippen molar-refractivity contribution in [1.29, 1.82) is 0 Å². The molecule has 2 amide bonds. The third-order valence-corrected chi connectivity index (χ3v) is 3.48. The zero-order chi connectivity index (χ0) is 15.9. The predicted molar refractivity (Wildman–Crippen MR) is 82.6 cm³/mol. The van der Waals surface area contributed by atoms with Gasteiger partial charge in [-0.3, -0.25) is 9.59 Å². The molecule has 2 aromatic rings. The molecule has 1 aromatic carbocycles. The van der Waals surface area contributed by atoms with Crippen molar-refractivity contribution in [3.05, 3.63) is 35.7 Å². The molecule has 22 heavy (non-hydrogen) atoms. The molecule has 0 atom stereocenters. The fourth-order valence-corrected chi connectivity index (χ4v) is 2.57. The van der Waals surface area contributed by atoms with Crippen LogP contribution < -0.4 is 16.0 Å². The van der Waals surface area contributed by atoms with Crippen LogP contribution in [0.25, 0.3) is 11.3 Å². The van der Waals surface area contributed by atoms with Gasteiger partial charge in [0, 0.05) is 18.2 Å². The third-order valence-electron chi connectivity index (χ3n) is 3.48. The second kappa shape index (κ2) is 5.10. The van der Waals surface area contributed by atoms with Gasteiger partial charge in [-0.2, -0.15) is 0 Å².